The van der Waals surface area contributed by atoms with Gasteiger partial charge in [-0.2, -0.15) is 0 Å². The standard InChI is InChI=1S/C46H88NO8P/c1-6-8-10-12-16-22-28-40-36-42(40)30-24-18-14-20-26-32-45(48)52-38-44(39-54-56(50,51)53-35-34-47(3,4)5)55-46(49)33-27-21-15-19-25-31-43-37-41(43)29-23-17-13-11-9-7-2/h40-44H,6-39H2,1-5H3. The van der Waals surface area contributed by atoms with Crippen molar-refractivity contribution in [2.75, 3.05) is 47.5 Å². The molecule has 2 saturated carbocycles. The van der Waals surface area contributed by atoms with Crippen LogP contribution in [-0.4, -0.2) is 70.0 Å². The van der Waals surface area contributed by atoms with Crippen LogP contribution in [0.25, 0.3) is 0 Å². The number of ether oxygens (including phenoxy) is 2. The van der Waals surface area contributed by atoms with Gasteiger partial charge in [0.05, 0.1) is 27.7 Å². The van der Waals surface area contributed by atoms with E-state index in [1.165, 1.54) is 141 Å². The lowest BCUT2D eigenvalue weighted by molar-refractivity contribution is -0.870. The molecule has 0 aromatic rings. The van der Waals surface area contributed by atoms with Crippen LogP contribution in [0.5, 0.6) is 0 Å². The van der Waals surface area contributed by atoms with Gasteiger partial charge in [0.15, 0.2) is 6.10 Å². The quantitative estimate of drug-likeness (QED) is 0.0260. The second kappa shape index (κ2) is 31.0. The van der Waals surface area contributed by atoms with Gasteiger partial charge in [-0.3, -0.25) is 14.2 Å². The van der Waals surface area contributed by atoms with E-state index in [0.717, 1.165) is 55.8 Å². The summed E-state index contributed by atoms with van der Waals surface area (Å²) in [5, 5.41) is 0. The molecule has 2 fully saturated rings. The predicted molar refractivity (Wildman–Crippen MR) is 227 cm³/mol. The highest BCUT2D eigenvalue weighted by Crippen LogP contribution is 2.46. The average Bonchev–Trinajstić information content (AvgIpc) is 4.08. The summed E-state index contributed by atoms with van der Waals surface area (Å²) in [7, 11) is 1.19. The number of hydrogen-bond acceptors (Lipinski definition) is 8. The Labute approximate surface area is 344 Å². The van der Waals surface area contributed by atoms with E-state index in [4.69, 9.17) is 18.5 Å². The number of unbranched alkanes of at least 4 members (excludes halogenated alkanes) is 18. The Bertz CT molecular complexity index is 1050. The molecule has 10 heteroatoms. The topological polar surface area (TPSA) is 111 Å². The van der Waals surface area contributed by atoms with E-state index < -0.39 is 26.5 Å². The van der Waals surface area contributed by atoms with Gasteiger partial charge in [-0.25, -0.2) is 0 Å². The fraction of sp³-hybridized carbons (Fsp3) is 0.957. The van der Waals surface area contributed by atoms with E-state index in [9.17, 15) is 19.0 Å². The normalized spacial score (nSPS) is 20.8. The van der Waals surface area contributed by atoms with Crippen molar-refractivity contribution < 1.29 is 42.1 Å². The van der Waals surface area contributed by atoms with Gasteiger partial charge < -0.3 is 27.9 Å². The molecule has 0 aromatic heterocycles. The van der Waals surface area contributed by atoms with Crippen LogP contribution in [0.3, 0.4) is 0 Å². The number of phosphoric acid groups is 1. The molecule has 2 rings (SSSR count). The number of likely N-dealkylation sites (N-methyl/N-ethyl adjacent to an activating group) is 1. The van der Waals surface area contributed by atoms with Crippen molar-refractivity contribution in [1.82, 2.24) is 0 Å². The molecule has 0 saturated heterocycles. The number of esters is 2. The zero-order valence-corrected chi connectivity index (χ0v) is 38.0. The molecule has 56 heavy (non-hydrogen) atoms. The minimum absolute atomic E-state index is 0.0233. The molecule has 0 spiro atoms. The van der Waals surface area contributed by atoms with Crippen LogP contribution in [0.2, 0.25) is 0 Å². The van der Waals surface area contributed by atoms with Crippen LogP contribution in [0.15, 0.2) is 0 Å². The first-order valence-electron chi connectivity index (χ1n) is 23.7. The lowest BCUT2D eigenvalue weighted by atomic mass is 10.0. The number of hydrogen-bond donors (Lipinski definition) is 0. The molecule has 0 heterocycles. The lowest BCUT2D eigenvalue weighted by Crippen LogP contribution is -2.37. The van der Waals surface area contributed by atoms with Crippen LogP contribution >= 0.6 is 7.82 Å². The van der Waals surface area contributed by atoms with Crippen molar-refractivity contribution >= 4 is 19.8 Å². The van der Waals surface area contributed by atoms with E-state index >= 15 is 0 Å². The minimum Gasteiger partial charge on any atom is -0.756 e. The summed E-state index contributed by atoms with van der Waals surface area (Å²) >= 11 is 0. The maximum absolute atomic E-state index is 12.7. The predicted octanol–water partition coefficient (Wildman–Crippen LogP) is 11.9. The second-order valence-electron chi connectivity index (χ2n) is 18.6. The minimum atomic E-state index is -4.62. The molecule has 9 nitrogen and oxygen atoms in total. The van der Waals surface area contributed by atoms with Crippen molar-refractivity contribution in [3.8, 4) is 0 Å². The Balaban J connectivity index is 1.58. The largest absolute Gasteiger partial charge is 0.756 e. The number of carbonyl (C=O) groups excluding carboxylic acids is 2. The number of carbonyl (C=O) groups is 2. The molecular weight excluding hydrogens is 725 g/mol. The molecule has 330 valence electrons. The lowest BCUT2D eigenvalue weighted by Gasteiger charge is -2.28. The Morgan fingerprint density at radius 1 is 0.571 bits per heavy atom. The summed E-state index contributed by atoms with van der Waals surface area (Å²) in [5.74, 6) is 3.03. The Morgan fingerprint density at radius 2 is 0.964 bits per heavy atom. The van der Waals surface area contributed by atoms with Gasteiger partial charge in [0.1, 0.15) is 19.8 Å². The SMILES string of the molecule is CCCCCCCCC1CC1CCCCCCCC(=O)OCC(COP(=O)([O-])OCC[N+](C)(C)C)OC(=O)CCCCCCCC1CC1CCCCCCCC. The summed E-state index contributed by atoms with van der Waals surface area (Å²) in [4.78, 5) is 37.7. The van der Waals surface area contributed by atoms with Gasteiger partial charge >= 0.3 is 11.9 Å². The summed E-state index contributed by atoms with van der Waals surface area (Å²) in [6.45, 7) is 4.30. The molecule has 2 aliphatic carbocycles. The van der Waals surface area contributed by atoms with Crippen LogP contribution < -0.4 is 4.89 Å². The number of phosphoric ester groups is 1. The third kappa shape index (κ3) is 29.3. The zero-order chi connectivity index (χ0) is 40.9. The summed E-state index contributed by atoms with van der Waals surface area (Å²) in [6.07, 6.45) is 35.0. The third-order valence-electron chi connectivity index (χ3n) is 12.1. The van der Waals surface area contributed by atoms with Crippen molar-refractivity contribution in [2.45, 2.75) is 213 Å². The number of rotatable bonds is 40. The van der Waals surface area contributed by atoms with Gasteiger partial charge in [-0.15, -0.1) is 0 Å². The third-order valence-corrected chi connectivity index (χ3v) is 13.0. The molecule has 6 atom stereocenters. The van der Waals surface area contributed by atoms with Gasteiger partial charge in [-0.05, 0) is 49.4 Å². The van der Waals surface area contributed by atoms with Crippen molar-refractivity contribution in [2.24, 2.45) is 23.7 Å². The Kier molecular flexibility index (Phi) is 28.3. The molecule has 0 N–H and O–H groups in total. The average molecular weight is 814 g/mol. The Morgan fingerprint density at radius 3 is 1.39 bits per heavy atom. The van der Waals surface area contributed by atoms with E-state index in [-0.39, 0.29) is 25.6 Å². The van der Waals surface area contributed by atoms with Crippen LogP contribution in [-0.2, 0) is 32.7 Å². The van der Waals surface area contributed by atoms with Gasteiger partial charge in [0.25, 0.3) is 7.82 Å². The smallest absolute Gasteiger partial charge is 0.306 e. The monoisotopic (exact) mass is 814 g/mol. The fourth-order valence-electron chi connectivity index (χ4n) is 8.08. The highest BCUT2D eigenvalue weighted by molar-refractivity contribution is 7.45. The van der Waals surface area contributed by atoms with Crippen molar-refractivity contribution in [3.63, 3.8) is 0 Å². The van der Waals surface area contributed by atoms with Crippen LogP contribution in [0.4, 0.5) is 0 Å². The van der Waals surface area contributed by atoms with E-state index in [1.807, 2.05) is 21.1 Å². The van der Waals surface area contributed by atoms with E-state index in [0.29, 0.717) is 23.9 Å². The highest BCUT2D eigenvalue weighted by Gasteiger charge is 2.35. The molecule has 0 aliphatic heterocycles. The molecular formula is C46H88NO8P. The molecule has 0 amide bonds. The van der Waals surface area contributed by atoms with Crippen molar-refractivity contribution in [3.05, 3.63) is 0 Å². The van der Waals surface area contributed by atoms with Gasteiger partial charge in [0.2, 0.25) is 0 Å². The van der Waals surface area contributed by atoms with Gasteiger partial charge in [0, 0.05) is 12.8 Å². The highest BCUT2D eigenvalue weighted by atomic mass is 31.2. The molecule has 6 unspecified atom stereocenters. The summed E-state index contributed by atoms with van der Waals surface area (Å²) in [6, 6.07) is 0. The van der Waals surface area contributed by atoms with Gasteiger partial charge in [-0.1, -0.05) is 168 Å². The summed E-state index contributed by atoms with van der Waals surface area (Å²) < 4.78 is 34.1. The maximum Gasteiger partial charge on any atom is 0.306 e. The zero-order valence-electron chi connectivity index (χ0n) is 37.1. The van der Waals surface area contributed by atoms with Crippen LogP contribution in [0, 0.1) is 23.7 Å². The second-order valence-corrected chi connectivity index (χ2v) is 20.0. The van der Waals surface area contributed by atoms with Crippen LogP contribution in [0.1, 0.15) is 206 Å². The molecule has 0 aromatic carbocycles. The molecule has 2 aliphatic rings. The fourth-order valence-corrected chi connectivity index (χ4v) is 8.81. The first-order chi connectivity index (χ1) is 26.9. The maximum atomic E-state index is 12.7. The molecule has 0 radical (unpaired) electrons. The van der Waals surface area contributed by atoms with E-state index in [2.05, 4.69) is 13.8 Å². The number of quaternary nitrogens is 1. The van der Waals surface area contributed by atoms with E-state index in [1.54, 1.807) is 0 Å². The number of nitrogens with zero attached hydrogens (tertiary/aromatic N) is 1. The molecule has 0 bridgehead atoms. The first kappa shape index (κ1) is 51.2. The first-order valence-corrected chi connectivity index (χ1v) is 25.1. The Hall–Kier alpha value is -0.990. The summed E-state index contributed by atoms with van der Waals surface area (Å²) in [5.41, 5.74) is 0. The van der Waals surface area contributed by atoms with Crippen molar-refractivity contribution in [1.29, 1.82) is 0 Å².